The summed E-state index contributed by atoms with van der Waals surface area (Å²) in [6, 6.07) is 18.7. The Balaban J connectivity index is 1.90. The number of benzene rings is 3. The highest BCUT2D eigenvalue weighted by Crippen LogP contribution is 2.49. The Morgan fingerprint density at radius 1 is 1.00 bits per heavy atom. The zero-order valence-corrected chi connectivity index (χ0v) is 21.4. The van der Waals surface area contributed by atoms with Gasteiger partial charge in [-0.05, 0) is 75.6 Å². The maximum atomic E-state index is 14.6. The van der Waals surface area contributed by atoms with Gasteiger partial charge in [0.25, 0.3) is 5.91 Å². The molecule has 3 aromatic carbocycles. The minimum absolute atomic E-state index is 0.123. The lowest BCUT2D eigenvalue weighted by atomic mass is 9.73. The van der Waals surface area contributed by atoms with Gasteiger partial charge < -0.3 is 4.74 Å². The Morgan fingerprint density at radius 2 is 1.69 bits per heavy atom. The molecule has 0 unspecified atom stereocenters. The Bertz CT molecular complexity index is 1430. The second-order valence-electron chi connectivity index (χ2n) is 9.94. The van der Waals surface area contributed by atoms with Gasteiger partial charge in [-0.25, -0.2) is 22.5 Å². The van der Waals surface area contributed by atoms with E-state index in [0.717, 1.165) is 16.5 Å². The maximum Gasteiger partial charge on any atom is 0.421 e. The number of rotatable bonds is 5. The first-order chi connectivity index (χ1) is 16.8. The first-order valence-electron chi connectivity index (χ1n) is 11.6. The van der Waals surface area contributed by atoms with Gasteiger partial charge in [-0.15, -0.1) is 0 Å². The first kappa shape index (κ1) is 25.6. The zero-order valence-electron chi connectivity index (χ0n) is 20.6. The number of aryl methyl sites for hydroxylation is 1. The number of anilines is 1. The Kier molecular flexibility index (Phi) is 6.51. The fraction of sp³-hybridized carbons (Fsp3) is 0.286. The number of fused-ring (bicyclic) bond motifs is 1. The van der Waals surface area contributed by atoms with Gasteiger partial charge >= 0.3 is 6.09 Å². The molecule has 0 spiro atoms. The molecule has 0 aromatic heterocycles. The van der Waals surface area contributed by atoms with E-state index in [1.165, 1.54) is 24.3 Å². The summed E-state index contributed by atoms with van der Waals surface area (Å²) in [4.78, 5) is 28.4. The summed E-state index contributed by atoms with van der Waals surface area (Å²) < 4.78 is 46.6. The largest absolute Gasteiger partial charge is 0.443 e. The molecule has 4 rings (SSSR count). The number of imide groups is 1. The number of amides is 2. The number of carbonyl (C=O) groups is 2. The van der Waals surface area contributed by atoms with E-state index in [-0.39, 0.29) is 22.6 Å². The number of sulfone groups is 1. The van der Waals surface area contributed by atoms with Gasteiger partial charge in [0.05, 0.1) is 16.3 Å². The van der Waals surface area contributed by atoms with Crippen molar-refractivity contribution < 1.29 is 27.1 Å². The SMILES string of the molecule is Cc1cccc([C@@]2(CCS(=O)(=O)c3ccccc3)C(=O)N(C(=O)OC(C)(C)C)c3ccc(F)cc32)c1. The first-order valence-corrected chi connectivity index (χ1v) is 13.2. The van der Waals surface area contributed by atoms with Gasteiger partial charge in [-0.2, -0.15) is 0 Å². The molecule has 3 aromatic rings. The molecular weight excluding hydrogens is 481 g/mol. The van der Waals surface area contributed by atoms with Crippen LogP contribution < -0.4 is 4.90 Å². The number of carbonyl (C=O) groups excluding carboxylic acids is 2. The molecule has 0 fully saturated rings. The summed E-state index contributed by atoms with van der Waals surface area (Å²) in [7, 11) is -3.79. The summed E-state index contributed by atoms with van der Waals surface area (Å²) in [5.41, 5.74) is -0.778. The average Bonchev–Trinajstić information content (AvgIpc) is 3.05. The summed E-state index contributed by atoms with van der Waals surface area (Å²) in [6.45, 7) is 6.88. The van der Waals surface area contributed by atoms with Crippen molar-refractivity contribution >= 4 is 27.5 Å². The molecule has 1 aliphatic heterocycles. The average molecular weight is 510 g/mol. The Morgan fingerprint density at radius 3 is 2.33 bits per heavy atom. The second kappa shape index (κ2) is 9.17. The van der Waals surface area contributed by atoms with E-state index >= 15 is 0 Å². The molecule has 1 aliphatic rings. The highest BCUT2D eigenvalue weighted by Gasteiger charge is 2.55. The van der Waals surface area contributed by atoms with Crippen LogP contribution in [0, 0.1) is 12.7 Å². The third-order valence-electron chi connectivity index (χ3n) is 6.16. The van der Waals surface area contributed by atoms with Crippen molar-refractivity contribution in [3.8, 4) is 0 Å². The van der Waals surface area contributed by atoms with Crippen molar-refractivity contribution in [2.75, 3.05) is 10.7 Å². The van der Waals surface area contributed by atoms with E-state index in [0.29, 0.717) is 5.56 Å². The standard InChI is InChI=1S/C28H28FNO5S/c1-19-9-8-10-20(17-19)28(15-16-36(33,34)22-11-6-5-7-12-22)23-18-21(29)13-14-24(23)30(25(28)31)26(32)35-27(2,3)4/h5-14,17-18H,15-16H2,1-4H3/t28-/m1/s1. The van der Waals surface area contributed by atoms with Crippen LogP contribution >= 0.6 is 0 Å². The van der Waals surface area contributed by atoms with E-state index in [1.54, 1.807) is 57.2 Å². The van der Waals surface area contributed by atoms with Crippen molar-refractivity contribution in [2.45, 2.75) is 50.0 Å². The van der Waals surface area contributed by atoms with E-state index < -0.39 is 44.4 Å². The van der Waals surface area contributed by atoms with Crippen LogP contribution in [-0.2, 0) is 24.8 Å². The van der Waals surface area contributed by atoms with Crippen molar-refractivity contribution in [2.24, 2.45) is 0 Å². The molecule has 36 heavy (non-hydrogen) atoms. The number of hydrogen-bond acceptors (Lipinski definition) is 5. The lowest BCUT2D eigenvalue weighted by Gasteiger charge is -2.30. The summed E-state index contributed by atoms with van der Waals surface area (Å²) >= 11 is 0. The van der Waals surface area contributed by atoms with Crippen LogP contribution in [0.15, 0.2) is 77.7 Å². The summed E-state index contributed by atoms with van der Waals surface area (Å²) in [5.74, 6) is -1.67. The third-order valence-corrected chi connectivity index (χ3v) is 7.89. The molecule has 0 aliphatic carbocycles. The van der Waals surface area contributed by atoms with Crippen LogP contribution in [0.1, 0.15) is 43.9 Å². The van der Waals surface area contributed by atoms with E-state index in [4.69, 9.17) is 4.74 Å². The normalized spacial score (nSPS) is 17.7. The van der Waals surface area contributed by atoms with Crippen molar-refractivity contribution in [1.29, 1.82) is 0 Å². The molecule has 1 heterocycles. The molecule has 8 heteroatoms. The van der Waals surface area contributed by atoms with Crippen molar-refractivity contribution in [3.63, 3.8) is 0 Å². The quantitative estimate of drug-likeness (QED) is 0.450. The maximum absolute atomic E-state index is 14.6. The van der Waals surface area contributed by atoms with Crippen LogP contribution in [0.4, 0.5) is 14.9 Å². The highest BCUT2D eigenvalue weighted by atomic mass is 32.2. The van der Waals surface area contributed by atoms with Crippen LogP contribution in [0.5, 0.6) is 0 Å². The number of hydrogen-bond donors (Lipinski definition) is 0. The van der Waals surface area contributed by atoms with Gasteiger partial charge in [-0.1, -0.05) is 48.0 Å². The van der Waals surface area contributed by atoms with E-state index in [9.17, 15) is 22.4 Å². The van der Waals surface area contributed by atoms with E-state index in [1.807, 2.05) is 13.0 Å². The van der Waals surface area contributed by atoms with Gasteiger partial charge in [-0.3, -0.25) is 4.79 Å². The molecule has 0 N–H and O–H groups in total. The molecule has 6 nitrogen and oxygen atoms in total. The Hall–Kier alpha value is -3.52. The topological polar surface area (TPSA) is 80.8 Å². The van der Waals surface area contributed by atoms with Gasteiger partial charge in [0.15, 0.2) is 9.84 Å². The number of nitrogens with zero attached hydrogens (tertiary/aromatic N) is 1. The minimum Gasteiger partial charge on any atom is -0.443 e. The molecule has 1 atom stereocenters. The van der Waals surface area contributed by atoms with Gasteiger partial charge in [0.1, 0.15) is 16.8 Å². The zero-order chi connectivity index (χ0) is 26.3. The predicted octanol–water partition coefficient (Wildman–Crippen LogP) is 5.57. The lowest BCUT2D eigenvalue weighted by Crippen LogP contribution is -2.46. The summed E-state index contributed by atoms with van der Waals surface area (Å²) in [6.07, 6.45) is -1.09. The molecule has 188 valence electrons. The van der Waals surface area contributed by atoms with Crippen LogP contribution in [0.3, 0.4) is 0 Å². The van der Waals surface area contributed by atoms with E-state index in [2.05, 4.69) is 0 Å². The van der Waals surface area contributed by atoms with Gasteiger partial charge in [0.2, 0.25) is 0 Å². The van der Waals surface area contributed by atoms with Gasteiger partial charge in [0, 0.05) is 0 Å². The fourth-order valence-electron chi connectivity index (χ4n) is 4.56. The smallest absolute Gasteiger partial charge is 0.421 e. The predicted molar refractivity (Wildman–Crippen MR) is 135 cm³/mol. The molecule has 0 saturated carbocycles. The third kappa shape index (κ3) is 4.65. The van der Waals surface area contributed by atoms with Crippen molar-refractivity contribution in [3.05, 3.63) is 95.3 Å². The molecule has 0 saturated heterocycles. The van der Waals surface area contributed by atoms with Crippen LogP contribution in [0.2, 0.25) is 0 Å². The highest BCUT2D eigenvalue weighted by molar-refractivity contribution is 7.91. The number of halogens is 1. The van der Waals surface area contributed by atoms with Crippen molar-refractivity contribution in [1.82, 2.24) is 0 Å². The molecule has 0 bridgehead atoms. The second-order valence-corrected chi connectivity index (χ2v) is 12.0. The lowest BCUT2D eigenvalue weighted by molar-refractivity contribution is -0.121. The molecule has 0 radical (unpaired) electrons. The molecular formula is C28H28FNO5S. The summed E-state index contributed by atoms with van der Waals surface area (Å²) in [5, 5.41) is 0. The fourth-order valence-corrected chi connectivity index (χ4v) is 5.94. The van der Waals surface area contributed by atoms with Crippen LogP contribution in [-0.4, -0.2) is 31.8 Å². The van der Waals surface area contributed by atoms with Crippen LogP contribution in [0.25, 0.3) is 0 Å². The molecule has 2 amide bonds. The minimum atomic E-state index is -3.79. The monoisotopic (exact) mass is 509 g/mol. The Labute approximate surface area is 210 Å². The number of ether oxygens (including phenoxy) is 1.